The van der Waals surface area contributed by atoms with Crippen molar-refractivity contribution in [1.82, 2.24) is 9.55 Å². The molecule has 1 unspecified atom stereocenters. The van der Waals surface area contributed by atoms with Crippen LogP contribution in [0.4, 0.5) is 5.69 Å². The van der Waals surface area contributed by atoms with Gasteiger partial charge in [-0.2, -0.15) is 0 Å². The predicted molar refractivity (Wildman–Crippen MR) is 120 cm³/mol. The summed E-state index contributed by atoms with van der Waals surface area (Å²) in [5.74, 6) is -0.404. The lowest BCUT2D eigenvalue weighted by atomic mass is 9.85. The third-order valence-electron chi connectivity index (χ3n) is 7.22. The number of hydrogen-bond acceptors (Lipinski definition) is 6. The van der Waals surface area contributed by atoms with E-state index in [9.17, 15) is 9.90 Å². The molecule has 0 radical (unpaired) electrons. The maximum absolute atomic E-state index is 12.1. The van der Waals surface area contributed by atoms with Gasteiger partial charge in [-0.1, -0.05) is 19.1 Å². The van der Waals surface area contributed by atoms with Crippen molar-refractivity contribution < 1.29 is 14.6 Å². The first-order chi connectivity index (χ1) is 14.9. The summed E-state index contributed by atoms with van der Waals surface area (Å²) in [4.78, 5) is 17.2. The molecule has 1 aromatic carbocycles. The molecule has 31 heavy (non-hydrogen) atoms. The van der Waals surface area contributed by atoms with Gasteiger partial charge in [0.25, 0.3) is 0 Å². The van der Waals surface area contributed by atoms with E-state index in [4.69, 9.17) is 27.7 Å². The number of nitrogens with zero attached hydrogens (tertiary/aromatic N) is 2. The lowest BCUT2D eigenvalue weighted by Gasteiger charge is -2.26. The Kier molecular flexibility index (Phi) is 3.90. The highest BCUT2D eigenvalue weighted by Gasteiger charge is 2.39. The van der Waals surface area contributed by atoms with Crippen LogP contribution in [0.25, 0.3) is 22.3 Å². The van der Waals surface area contributed by atoms with E-state index in [2.05, 4.69) is 4.57 Å². The Morgan fingerprint density at radius 3 is 2.87 bits per heavy atom. The molecule has 3 aromatic rings. The molecule has 0 amide bonds. The average molecular weight is 434 g/mol. The van der Waals surface area contributed by atoms with Gasteiger partial charge in [-0.3, -0.25) is 4.79 Å². The van der Waals surface area contributed by atoms with Gasteiger partial charge >= 0.3 is 5.97 Å². The Bertz CT molecular complexity index is 1380. The quantitative estimate of drug-likeness (QED) is 0.269. The zero-order chi connectivity index (χ0) is 21.5. The Morgan fingerprint density at radius 1 is 1.26 bits per heavy atom. The smallest absolute Gasteiger partial charge is 0.309 e. The zero-order valence-corrected chi connectivity index (χ0v) is 18.1. The van der Waals surface area contributed by atoms with E-state index in [1.54, 1.807) is 0 Å². The third kappa shape index (κ3) is 2.50. The highest BCUT2D eigenvalue weighted by molar-refractivity contribution is 7.71. The molecule has 4 heterocycles. The molecular formula is C24H23N3O3S. The van der Waals surface area contributed by atoms with Crippen molar-refractivity contribution in [3.63, 3.8) is 0 Å². The monoisotopic (exact) mass is 433 g/mol. The van der Waals surface area contributed by atoms with Crippen LogP contribution in [0.3, 0.4) is 0 Å². The summed E-state index contributed by atoms with van der Waals surface area (Å²) in [6, 6.07) is 5.93. The number of cyclic esters (lactones) is 1. The summed E-state index contributed by atoms with van der Waals surface area (Å²) in [6.07, 6.45) is 3.37. The number of aliphatic hydroxyl groups is 1. The minimum atomic E-state index is -1.29. The number of nitrogen functional groups attached to an aromatic ring is 1. The second kappa shape index (κ2) is 6.37. The molecule has 6 nitrogen and oxygen atoms in total. The second-order valence-electron chi connectivity index (χ2n) is 8.83. The van der Waals surface area contributed by atoms with Crippen molar-refractivity contribution in [2.24, 2.45) is 0 Å². The molecule has 2 aromatic heterocycles. The van der Waals surface area contributed by atoms with Crippen molar-refractivity contribution in [2.75, 3.05) is 5.73 Å². The lowest BCUT2D eigenvalue weighted by Crippen LogP contribution is -2.28. The van der Waals surface area contributed by atoms with E-state index in [0.717, 1.165) is 47.4 Å². The van der Waals surface area contributed by atoms with Gasteiger partial charge in [-0.25, -0.2) is 4.98 Å². The molecule has 0 saturated carbocycles. The minimum Gasteiger partial charge on any atom is -0.461 e. The maximum Gasteiger partial charge on any atom is 0.309 e. The summed E-state index contributed by atoms with van der Waals surface area (Å²) in [6.45, 7) is 2.61. The Balaban J connectivity index is 1.65. The normalized spacial score (nSPS) is 21.3. The predicted octanol–water partition coefficient (Wildman–Crippen LogP) is 3.91. The fourth-order valence-corrected chi connectivity index (χ4v) is 5.87. The van der Waals surface area contributed by atoms with Crippen LogP contribution in [0, 0.1) is 4.64 Å². The van der Waals surface area contributed by atoms with Crippen molar-refractivity contribution in [1.29, 1.82) is 0 Å². The lowest BCUT2D eigenvalue weighted by molar-refractivity contribution is -0.149. The highest BCUT2D eigenvalue weighted by atomic mass is 32.1. The van der Waals surface area contributed by atoms with Gasteiger partial charge in [0.2, 0.25) is 0 Å². The number of aryl methyl sites for hydroxylation is 2. The highest BCUT2D eigenvalue weighted by Crippen LogP contribution is 2.44. The molecule has 0 bridgehead atoms. The molecule has 3 aliphatic rings. The molecule has 7 heteroatoms. The van der Waals surface area contributed by atoms with Crippen molar-refractivity contribution in [3.05, 3.63) is 50.7 Å². The van der Waals surface area contributed by atoms with E-state index >= 15 is 0 Å². The van der Waals surface area contributed by atoms with Crippen molar-refractivity contribution in [3.8, 4) is 11.4 Å². The summed E-state index contributed by atoms with van der Waals surface area (Å²) < 4.78 is 8.07. The van der Waals surface area contributed by atoms with Crippen molar-refractivity contribution in [2.45, 2.75) is 57.8 Å². The van der Waals surface area contributed by atoms with Crippen LogP contribution in [0.15, 0.2) is 18.2 Å². The summed E-state index contributed by atoms with van der Waals surface area (Å²) >= 11 is 5.86. The zero-order valence-electron chi connectivity index (χ0n) is 17.3. The molecular weight excluding hydrogens is 410 g/mol. The molecule has 1 aliphatic carbocycles. The number of esters is 1. The minimum absolute atomic E-state index is 0.0688. The number of ether oxygens (including phenoxy) is 1. The number of fused-ring (bicyclic) bond motifs is 5. The number of rotatable bonds is 1. The van der Waals surface area contributed by atoms with Gasteiger partial charge in [0.15, 0.2) is 0 Å². The second-order valence-corrected chi connectivity index (χ2v) is 9.22. The topological polar surface area (TPSA) is 90.4 Å². The van der Waals surface area contributed by atoms with Gasteiger partial charge in [-0.05, 0) is 60.6 Å². The molecule has 2 aliphatic heterocycles. The molecule has 0 saturated heterocycles. The third-order valence-corrected chi connectivity index (χ3v) is 7.69. The van der Waals surface area contributed by atoms with Gasteiger partial charge in [-0.15, -0.1) is 0 Å². The van der Waals surface area contributed by atoms with Crippen LogP contribution in [0.1, 0.15) is 54.0 Å². The first-order valence-corrected chi connectivity index (χ1v) is 11.2. The van der Waals surface area contributed by atoms with Crippen LogP contribution in [-0.4, -0.2) is 20.6 Å². The summed E-state index contributed by atoms with van der Waals surface area (Å²) in [7, 11) is 0. The van der Waals surface area contributed by atoms with E-state index in [0.29, 0.717) is 23.2 Å². The Hall–Kier alpha value is -2.77. The van der Waals surface area contributed by atoms with Crippen LogP contribution >= 0.6 is 12.2 Å². The van der Waals surface area contributed by atoms with Crippen LogP contribution in [0.5, 0.6) is 0 Å². The first kappa shape index (κ1) is 19.0. The molecule has 1 atom stereocenters. The van der Waals surface area contributed by atoms with Gasteiger partial charge in [0, 0.05) is 22.2 Å². The van der Waals surface area contributed by atoms with Crippen LogP contribution < -0.4 is 5.73 Å². The van der Waals surface area contributed by atoms with Crippen LogP contribution in [0.2, 0.25) is 0 Å². The number of hydrogen-bond donors (Lipinski definition) is 2. The van der Waals surface area contributed by atoms with E-state index in [-0.39, 0.29) is 13.0 Å². The molecule has 0 spiro atoms. The summed E-state index contributed by atoms with van der Waals surface area (Å²) in [5, 5.41) is 12.5. The number of pyridine rings is 2. The Labute approximate surface area is 184 Å². The fraction of sp³-hybridized carbons (Fsp3) is 0.375. The number of carbonyl (C=O) groups excluding carboxylic acids is 1. The van der Waals surface area contributed by atoms with Crippen molar-refractivity contribution >= 4 is 34.8 Å². The van der Waals surface area contributed by atoms with E-state index in [1.165, 1.54) is 22.1 Å². The SMILES string of the molecule is CCC1(O)CC(=O)OCc2c1cc1n(c2=S)Cc2c-1nc1ccc(N)c3c1c2CCC3. The number of carbonyl (C=O) groups is 1. The summed E-state index contributed by atoms with van der Waals surface area (Å²) in [5.41, 5.74) is 13.8. The Morgan fingerprint density at radius 2 is 2.06 bits per heavy atom. The average Bonchev–Trinajstić information content (AvgIpc) is 3.08. The van der Waals surface area contributed by atoms with E-state index < -0.39 is 11.6 Å². The standard InChI is InChI=1S/C24H23N3O3S/c1-2-24(29)9-20(28)30-11-15-16(24)8-19-22-14(10-27(19)23(15)31)12-4-3-5-13-17(25)6-7-18(26-22)21(12)13/h6-8,29H,2-5,9-11,25H2,1H3. The van der Waals surface area contributed by atoms with Gasteiger partial charge in [0.1, 0.15) is 16.8 Å². The molecule has 6 rings (SSSR count). The molecule has 0 fully saturated rings. The fourth-order valence-electron chi connectivity index (χ4n) is 5.54. The first-order valence-electron chi connectivity index (χ1n) is 10.8. The van der Waals surface area contributed by atoms with Gasteiger partial charge in [0.05, 0.1) is 29.9 Å². The number of anilines is 1. The van der Waals surface area contributed by atoms with E-state index in [1.807, 2.05) is 25.1 Å². The molecule has 3 N–H and O–H groups in total. The number of nitrogens with two attached hydrogens (primary N) is 1. The van der Waals surface area contributed by atoms with Gasteiger partial charge < -0.3 is 20.1 Å². The maximum atomic E-state index is 12.1. The largest absolute Gasteiger partial charge is 0.461 e. The molecule has 158 valence electrons. The van der Waals surface area contributed by atoms with Crippen LogP contribution in [-0.2, 0) is 41.1 Å². The number of benzene rings is 1. The number of aromatic nitrogens is 2.